The number of para-hydroxylation sites is 1. The Morgan fingerprint density at radius 3 is 2.52 bits per heavy atom. The first-order valence-electron chi connectivity index (χ1n) is 8.37. The smallest absolute Gasteiger partial charge is 0.225 e. The standard InChI is InChI=1S/C18H24N2O3/c1-23-16-5-3-2-4-14(16)12-17(21)19-15-8-10-20(11-9-15)18(22)13-6-7-13/h2-5,13,15H,6-12H2,1H3,(H,19,21). The molecule has 1 aliphatic carbocycles. The highest BCUT2D eigenvalue weighted by molar-refractivity contribution is 5.81. The molecule has 0 bridgehead atoms. The summed E-state index contributed by atoms with van der Waals surface area (Å²) in [5.74, 6) is 1.35. The Morgan fingerprint density at radius 2 is 1.87 bits per heavy atom. The minimum atomic E-state index is 0.0152. The molecule has 1 saturated heterocycles. The maximum atomic E-state index is 12.2. The molecule has 1 aromatic carbocycles. The first kappa shape index (κ1) is 15.8. The zero-order valence-corrected chi connectivity index (χ0v) is 13.6. The number of benzene rings is 1. The molecule has 0 radical (unpaired) electrons. The van der Waals surface area contributed by atoms with Gasteiger partial charge in [0, 0.05) is 30.6 Å². The van der Waals surface area contributed by atoms with Gasteiger partial charge in [-0.1, -0.05) is 18.2 Å². The van der Waals surface area contributed by atoms with Gasteiger partial charge in [0.15, 0.2) is 0 Å². The molecule has 1 heterocycles. The van der Waals surface area contributed by atoms with Gasteiger partial charge in [0.05, 0.1) is 13.5 Å². The van der Waals surface area contributed by atoms with Gasteiger partial charge in [-0.2, -0.15) is 0 Å². The van der Waals surface area contributed by atoms with Crippen molar-refractivity contribution in [2.45, 2.75) is 38.1 Å². The third-order valence-electron chi connectivity index (χ3n) is 4.64. The van der Waals surface area contributed by atoms with Crippen LogP contribution in [0.1, 0.15) is 31.2 Å². The average Bonchev–Trinajstić information content (AvgIpc) is 3.40. The number of hydrogen-bond donors (Lipinski definition) is 1. The Kier molecular flexibility index (Phi) is 4.84. The number of amides is 2. The summed E-state index contributed by atoms with van der Waals surface area (Å²) < 4.78 is 5.28. The molecule has 2 fully saturated rings. The molecule has 0 spiro atoms. The van der Waals surface area contributed by atoms with E-state index in [0.29, 0.717) is 12.3 Å². The summed E-state index contributed by atoms with van der Waals surface area (Å²) >= 11 is 0. The third kappa shape index (κ3) is 4.03. The lowest BCUT2D eigenvalue weighted by Gasteiger charge is -2.32. The number of carbonyl (C=O) groups is 2. The summed E-state index contributed by atoms with van der Waals surface area (Å²) in [4.78, 5) is 26.2. The number of nitrogens with one attached hydrogen (secondary N) is 1. The first-order chi connectivity index (χ1) is 11.2. The summed E-state index contributed by atoms with van der Waals surface area (Å²) in [6.07, 6.45) is 4.11. The molecule has 1 aliphatic heterocycles. The van der Waals surface area contributed by atoms with Crippen LogP contribution in [0.15, 0.2) is 24.3 Å². The molecule has 3 rings (SSSR count). The lowest BCUT2D eigenvalue weighted by Crippen LogP contribution is -2.47. The van der Waals surface area contributed by atoms with E-state index < -0.39 is 0 Å². The predicted octanol–water partition coefficient (Wildman–Crippen LogP) is 1.75. The van der Waals surface area contributed by atoms with Gasteiger partial charge in [0.25, 0.3) is 0 Å². The Labute approximate surface area is 137 Å². The Hall–Kier alpha value is -2.04. The van der Waals surface area contributed by atoms with E-state index in [-0.39, 0.29) is 17.9 Å². The van der Waals surface area contributed by atoms with Crippen LogP contribution in [-0.2, 0) is 16.0 Å². The van der Waals surface area contributed by atoms with Crippen LogP contribution in [0.5, 0.6) is 5.75 Å². The van der Waals surface area contributed by atoms with Gasteiger partial charge in [0.1, 0.15) is 5.75 Å². The van der Waals surface area contributed by atoms with Gasteiger partial charge in [0.2, 0.25) is 11.8 Å². The van der Waals surface area contributed by atoms with Crippen LogP contribution in [0.4, 0.5) is 0 Å². The number of rotatable bonds is 5. The lowest BCUT2D eigenvalue weighted by molar-refractivity contribution is -0.133. The van der Waals surface area contributed by atoms with E-state index in [1.807, 2.05) is 29.2 Å². The molecular formula is C18H24N2O3. The normalized spacial score (nSPS) is 18.6. The minimum Gasteiger partial charge on any atom is -0.496 e. The number of likely N-dealkylation sites (tertiary alicyclic amines) is 1. The maximum absolute atomic E-state index is 12.2. The summed E-state index contributed by atoms with van der Waals surface area (Å²) in [5.41, 5.74) is 0.897. The summed E-state index contributed by atoms with van der Waals surface area (Å²) in [6.45, 7) is 1.52. The van der Waals surface area contributed by atoms with Gasteiger partial charge in [-0.25, -0.2) is 0 Å². The maximum Gasteiger partial charge on any atom is 0.225 e. The monoisotopic (exact) mass is 316 g/mol. The van der Waals surface area contributed by atoms with Crippen LogP contribution >= 0.6 is 0 Å². The molecule has 0 unspecified atom stereocenters. The van der Waals surface area contributed by atoms with Crippen LogP contribution in [-0.4, -0.2) is 43.0 Å². The quantitative estimate of drug-likeness (QED) is 0.900. The second-order valence-corrected chi connectivity index (χ2v) is 6.43. The number of methoxy groups -OCH3 is 1. The molecule has 0 atom stereocenters. The van der Waals surface area contributed by atoms with Gasteiger partial charge in [-0.15, -0.1) is 0 Å². The van der Waals surface area contributed by atoms with Crippen molar-refractivity contribution in [3.8, 4) is 5.75 Å². The largest absolute Gasteiger partial charge is 0.496 e. The summed E-state index contributed by atoms with van der Waals surface area (Å²) in [7, 11) is 1.61. The molecule has 1 N–H and O–H groups in total. The minimum absolute atomic E-state index is 0.0152. The van der Waals surface area contributed by atoms with Crippen molar-refractivity contribution in [3.05, 3.63) is 29.8 Å². The molecule has 5 heteroatoms. The Morgan fingerprint density at radius 1 is 1.17 bits per heavy atom. The van der Waals surface area contributed by atoms with E-state index in [1.165, 1.54) is 0 Å². The van der Waals surface area contributed by atoms with Crippen molar-refractivity contribution in [1.82, 2.24) is 10.2 Å². The number of carbonyl (C=O) groups excluding carboxylic acids is 2. The molecule has 5 nitrogen and oxygen atoms in total. The fraction of sp³-hybridized carbons (Fsp3) is 0.556. The zero-order chi connectivity index (χ0) is 16.2. The molecule has 2 amide bonds. The van der Waals surface area contributed by atoms with Crippen molar-refractivity contribution in [2.75, 3.05) is 20.2 Å². The Balaban J connectivity index is 1.46. The van der Waals surface area contributed by atoms with E-state index in [0.717, 1.165) is 50.1 Å². The van der Waals surface area contributed by atoms with Crippen molar-refractivity contribution < 1.29 is 14.3 Å². The molecule has 124 valence electrons. The van der Waals surface area contributed by atoms with E-state index >= 15 is 0 Å². The lowest BCUT2D eigenvalue weighted by atomic mass is 10.0. The summed E-state index contributed by atoms with van der Waals surface area (Å²) in [6, 6.07) is 7.75. The third-order valence-corrected chi connectivity index (χ3v) is 4.64. The second-order valence-electron chi connectivity index (χ2n) is 6.43. The van der Waals surface area contributed by atoms with Crippen LogP contribution in [0.25, 0.3) is 0 Å². The second kappa shape index (κ2) is 7.02. The number of ether oxygens (including phenoxy) is 1. The fourth-order valence-electron chi connectivity index (χ4n) is 3.13. The van der Waals surface area contributed by atoms with Crippen molar-refractivity contribution >= 4 is 11.8 Å². The molecule has 1 aromatic rings. The van der Waals surface area contributed by atoms with E-state index in [1.54, 1.807) is 7.11 Å². The van der Waals surface area contributed by atoms with Crippen LogP contribution in [0, 0.1) is 5.92 Å². The highest BCUT2D eigenvalue weighted by atomic mass is 16.5. The number of hydrogen-bond acceptors (Lipinski definition) is 3. The van der Waals surface area contributed by atoms with E-state index in [2.05, 4.69) is 5.32 Å². The van der Waals surface area contributed by atoms with Crippen LogP contribution < -0.4 is 10.1 Å². The highest BCUT2D eigenvalue weighted by Crippen LogP contribution is 2.31. The molecule has 2 aliphatic rings. The number of nitrogens with zero attached hydrogens (tertiary/aromatic N) is 1. The van der Waals surface area contributed by atoms with Crippen molar-refractivity contribution in [3.63, 3.8) is 0 Å². The Bertz CT molecular complexity index is 575. The van der Waals surface area contributed by atoms with Gasteiger partial charge in [-0.3, -0.25) is 9.59 Å². The van der Waals surface area contributed by atoms with Crippen molar-refractivity contribution in [2.24, 2.45) is 5.92 Å². The van der Waals surface area contributed by atoms with Crippen molar-refractivity contribution in [1.29, 1.82) is 0 Å². The zero-order valence-electron chi connectivity index (χ0n) is 13.6. The molecule has 1 saturated carbocycles. The molecule has 0 aromatic heterocycles. The first-order valence-corrected chi connectivity index (χ1v) is 8.37. The van der Waals surface area contributed by atoms with Gasteiger partial charge in [-0.05, 0) is 31.7 Å². The average molecular weight is 316 g/mol. The highest BCUT2D eigenvalue weighted by Gasteiger charge is 2.35. The molecular weight excluding hydrogens is 292 g/mol. The summed E-state index contributed by atoms with van der Waals surface area (Å²) in [5, 5.41) is 3.09. The molecule has 23 heavy (non-hydrogen) atoms. The van der Waals surface area contributed by atoms with Crippen LogP contribution in [0.2, 0.25) is 0 Å². The van der Waals surface area contributed by atoms with Gasteiger partial charge < -0.3 is 15.0 Å². The fourth-order valence-corrected chi connectivity index (χ4v) is 3.13. The number of piperidine rings is 1. The van der Waals surface area contributed by atoms with Crippen LogP contribution in [0.3, 0.4) is 0 Å². The van der Waals surface area contributed by atoms with E-state index in [9.17, 15) is 9.59 Å². The van der Waals surface area contributed by atoms with Gasteiger partial charge >= 0.3 is 0 Å². The predicted molar refractivity (Wildman–Crippen MR) is 87.2 cm³/mol. The topological polar surface area (TPSA) is 58.6 Å². The van der Waals surface area contributed by atoms with E-state index in [4.69, 9.17) is 4.74 Å². The SMILES string of the molecule is COc1ccccc1CC(=O)NC1CCN(C(=O)C2CC2)CC1.